The first-order chi connectivity index (χ1) is 12.4. The molecular formula is C21H29BrO4. The van der Waals surface area contributed by atoms with Gasteiger partial charge in [-0.3, -0.25) is 9.59 Å². The summed E-state index contributed by atoms with van der Waals surface area (Å²) in [4.78, 5) is 23.3. The molecule has 0 aromatic rings. The molecule has 1 atom stereocenters. The van der Waals surface area contributed by atoms with Gasteiger partial charge >= 0.3 is 5.97 Å². The molecule has 4 nitrogen and oxygen atoms in total. The van der Waals surface area contributed by atoms with E-state index in [1.807, 2.05) is 12.2 Å². The third-order valence-electron chi connectivity index (χ3n) is 4.24. The third kappa shape index (κ3) is 7.42. The minimum Gasteiger partial charge on any atom is -0.469 e. The van der Waals surface area contributed by atoms with Crippen molar-refractivity contribution in [2.24, 2.45) is 0 Å². The Balaban J connectivity index is 2.62. The molecule has 0 amide bonds. The summed E-state index contributed by atoms with van der Waals surface area (Å²) < 4.78 is 4.98. The van der Waals surface area contributed by atoms with Gasteiger partial charge in [-0.05, 0) is 47.7 Å². The highest BCUT2D eigenvalue weighted by molar-refractivity contribution is 9.12. The molecule has 0 heterocycles. The summed E-state index contributed by atoms with van der Waals surface area (Å²) in [6.07, 6.45) is 17.5. The van der Waals surface area contributed by atoms with E-state index in [9.17, 15) is 14.7 Å². The summed E-state index contributed by atoms with van der Waals surface area (Å²) in [5.41, 5.74) is -0.903. The molecule has 0 bridgehead atoms. The van der Waals surface area contributed by atoms with Crippen LogP contribution in [0.5, 0.6) is 0 Å². The van der Waals surface area contributed by atoms with Crippen LogP contribution in [0.1, 0.15) is 58.3 Å². The van der Waals surface area contributed by atoms with Crippen molar-refractivity contribution in [3.05, 3.63) is 46.5 Å². The number of rotatable bonds is 11. The number of ketones is 1. The molecule has 1 aliphatic carbocycles. The second-order valence-corrected chi connectivity index (χ2v) is 7.25. The Kier molecular flexibility index (Phi) is 10.4. The number of ether oxygens (including phenoxy) is 1. The minimum absolute atomic E-state index is 0.189. The fourth-order valence-corrected chi connectivity index (χ4v) is 3.28. The van der Waals surface area contributed by atoms with Crippen molar-refractivity contribution in [3.8, 4) is 0 Å². The van der Waals surface area contributed by atoms with Gasteiger partial charge in [0.1, 0.15) is 5.60 Å². The monoisotopic (exact) mass is 424 g/mol. The number of esters is 1. The van der Waals surface area contributed by atoms with Crippen LogP contribution >= 0.6 is 15.9 Å². The van der Waals surface area contributed by atoms with Crippen LogP contribution in [0.4, 0.5) is 0 Å². The van der Waals surface area contributed by atoms with Gasteiger partial charge < -0.3 is 9.84 Å². The van der Waals surface area contributed by atoms with Crippen LogP contribution in [-0.4, -0.2) is 29.6 Å². The maximum atomic E-state index is 12.3. The Morgan fingerprint density at radius 2 is 1.96 bits per heavy atom. The van der Waals surface area contributed by atoms with Crippen molar-refractivity contribution >= 4 is 27.7 Å². The van der Waals surface area contributed by atoms with E-state index in [1.165, 1.54) is 20.0 Å². The van der Waals surface area contributed by atoms with Gasteiger partial charge in [0.2, 0.25) is 0 Å². The van der Waals surface area contributed by atoms with Gasteiger partial charge in [0.05, 0.1) is 11.6 Å². The third-order valence-corrected chi connectivity index (χ3v) is 4.83. The first-order valence-electron chi connectivity index (χ1n) is 9.19. The Morgan fingerprint density at radius 1 is 1.23 bits per heavy atom. The van der Waals surface area contributed by atoms with Gasteiger partial charge in [0.25, 0.3) is 0 Å². The number of aliphatic hydroxyl groups is 1. The van der Waals surface area contributed by atoms with Crippen LogP contribution in [0.25, 0.3) is 0 Å². The van der Waals surface area contributed by atoms with Crippen LogP contribution in [0, 0.1) is 0 Å². The molecule has 0 aromatic carbocycles. The maximum Gasteiger partial charge on any atom is 0.305 e. The first kappa shape index (κ1) is 22.6. The van der Waals surface area contributed by atoms with Crippen LogP contribution in [0.2, 0.25) is 0 Å². The van der Waals surface area contributed by atoms with E-state index >= 15 is 0 Å². The molecule has 0 aliphatic heterocycles. The highest BCUT2D eigenvalue weighted by Crippen LogP contribution is 2.36. The number of carbonyl (C=O) groups is 2. The molecule has 1 rings (SSSR count). The molecule has 1 aliphatic rings. The molecule has 144 valence electrons. The number of Topliss-reactive ketones (excluding diaryl/α,β-unsaturated/α-hetero) is 1. The molecule has 0 aromatic heterocycles. The van der Waals surface area contributed by atoms with Crippen molar-refractivity contribution in [2.45, 2.75) is 63.9 Å². The quantitative estimate of drug-likeness (QED) is 0.221. The van der Waals surface area contributed by atoms with E-state index in [0.29, 0.717) is 35.7 Å². The van der Waals surface area contributed by atoms with Gasteiger partial charge in [-0.25, -0.2) is 0 Å². The van der Waals surface area contributed by atoms with Crippen molar-refractivity contribution in [3.63, 3.8) is 0 Å². The fourth-order valence-electron chi connectivity index (χ4n) is 2.69. The molecule has 0 saturated heterocycles. The Hall–Kier alpha value is -1.46. The summed E-state index contributed by atoms with van der Waals surface area (Å²) in [6.45, 7) is 2.17. The summed E-state index contributed by atoms with van der Waals surface area (Å²) in [7, 11) is 1.37. The second-order valence-electron chi connectivity index (χ2n) is 6.39. The van der Waals surface area contributed by atoms with Gasteiger partial charge in [-0.2, -0.15) is 0 Å². The van der Waals surface area contributed by atoms with E-state index in [-0.39, 0.29) is 11.8 Å². The zero-order valence-corrected chi connectivity index (χ0v) is 17.3. The normalized spacial score (nSPS) is 21.9. The summed E-state index contributed by atoms with van der Waals surface area (Å²) in [5, 5.41) is 10.9. The van der Waals surface area contributed by atoms with Crippen molar-refractivity contribution in [1.29, 1.82) is 0 Å². The molecule has 0 spiro atoms. The molecule has 0 saturated carbocycles. The highest BCUT2D eigenvalue weighted by atomic mass is 79.9. The highest BCUT2D eigenvalue weighted by Gasteiger charge is 2.39. The topological polar surface area (TPSA) is 63.6 Å². The molecule has 26 heavy (non-hydrogen) atoms. The first-order valence-corrected chi connectivity index (χ1v) is 9.98. The number of methoxy groups -OCH3 is 1. The Labute approximate surface area is 164 Å². The fraction of sp³-hybridized carbons (Fsp3) is 0.524. The maximum absolute atomic E-state index is 12.3. The van der Waals surface area contributed by atoms with E-state index in [2.05, 4.69) is 33.7 Å². The average Bonchev–Trinajstić information content (AvgIpc) is 2.83. The lowest BCUT2D eigenvalue weighted by molar-refractivity contribution is -0.140. The zero-order chi connectivity index (χ0) is 19.4. The van der Waals surface area contributed by atoms with Gasteiger partial charge in [-0.1, -0.05) is 50.1 Å². The summed E-state index contributed by atoms with van der Waals surface area (Å²) in [6, 6.07) is 0. The number of carbonyl (C=O) groups excluding carboxylic acids is 2. The zero-order valence-electron chi connectivity index (χ0n) is 15.7. The van der Waals surface area contributed by atoms with Gasteiger partial charge in [0, 0.05) is 18.4 Å². The Morgan fingerprint density at radius 3 is 2.65 bits per heavy atom. The van der Waals surface area contributed by atoms with Crippen molar-refractivity contribution in [2.75, 3.05) is 7.11 Å². The van der Waals surface area contributed by atoms with Crippen molar-refractivity contribution in [1.82, 2.24) is 0 Å². The van der Waals surface area contributed by atoms with E-state index in [0.717, 1.165) is 12.8 Å². The molecule has 1 N–H and O–H groups in total. The standard InChI is InChI=1S/C21H29BrO4/c1-3-4-5-6-9-12-15-21(25)16-18(22)20(24)17(21)13-10-7-8-11-14-19(23)26-2/h7,9-10,12-13,16,25H,3-6,8,11,14-15H2,1-2H3/b10-7+,12-9-,17-13+. The SMILES string of the molecule is CCCCC/C=C\CC1(O)C=C(Br)C(=O)/C1=C\C=C\CCCC(=O)OC. The van der Waals surface area contributed by atoms with Gasteiger partial charge in [-0.15, -0.1) is 0 Å². The molecule has 1 unspecified atom stereocenters. The number of unbranched alkanes of at least 4 members (excludes halogenated alkanes) is 4. The van der Waals surface area contributed by atoms with E-state index < -0.39 is 5.60 Å². The smallest absolute Gasteiger partial charge is 0.305 e. The summed E-state index contributed by atoms with van der Waals surface area (Å²) in [5.74, 6) is -0.415. The molecule has 0 radical (unpaired) electrons. The lowest BCUT2D eigenvalue weighted by atomic mass is 9.92. The average molecular weight is 425 g/mol. The number of hydrogen-bond acceptors (Lipinski definition) is 4. The van der Waals surface area contributed by atoms with E-state index in [4.69, 9.17) is 0 Å². The lowest BCUT2D eigenvalue weighted by Crippen LogP contribution is -2.27. The molecule has 0 fully saturated rings. The van der Waals surface area contributed by atoms with Crippen molar-refractivity contribution < 1.29 is 19.4 Å². The van der Waals surface area contributed by atoms with Crippen LogP contribution < -0.4 is 0 Å². The largest absolute Gasteiger partial charge is 0.469 e. The van der Waals surface area contributed by atoms with Crippen LogP contribution in [-0.2, 0) is 14.3 Å². The van der Waals surface area contributed by atoms with Gasteiger partial charge in [0.15, 0.2) is 5.78 Å². The minimum atomic E-state index is -1.27. The predicted octanol–water partition coefficient (Wildman–Crippen LogP) is 4.93. The number of halogens is 1. The lowest BCUT2D eigenvalue weighted by Gasteiger charge is -2.20. The second kappa shape index (κ2) is 12.0. The number of allylic oxidation sites excluding steroid dienone is 5. The predicted molar refractivity (Wildman–Crippen MR) is 108 cm³/mol. The summed E-state index contributed by atoms with van der Waals surface area (Å²) >= 11 is 3.23. The number of hydrogen-bond donors (Lipinski definition) is 1. The van der Waals surface area contributed by atoms with Crippen LogP contribution in [0.3, 0.4) is 0 Å². The molecular weight excluding hydrogens is 396 g/mol. The van der Waals surface area contributed by atoms with Crippen LogP contribution in [0.15, 0.2) is 46.5 Å². The van der Waals surface area contributed by atoms with E-state index in [1.54, 1.807) is 18.2 Å². The Bertz CT molecular complexity index is 601. The molecule has 5 heteroatoms.